The molecular formula is C40H42O9S2. The van der Waals surface area contributed by atoms with Crippen molar-refractivity contribution < 1.29 is 44.5 Å². The van der Waals surface area contributed by atoms with Gasteiger partial charge in [0.15, 0.2) is 17.6 Å². The van der Waals surface area contributed by atoms with Crippen molar-refractivity contribution >= 4 is 21.6 Å². The highest BCUT2D eigenvalue weighted by Crippen LogP contribution is 2.62. The molecule has 3 aromatic rings. The predicted molar refractivity (Wildman–Crippen MR) is 197 cm³/mol. The highest BCUT2D eigenvalue weighted by molar-refractivity contribution is 8.77. The van der Waals surface area contributed by atoms with E-state index in [1.165, 1.54) is 14.2 Å². The van der Waals surface area contributed by atoms with Crippen molar-refractivity contribution in [2.75, 3.05) is 34.0 Å². The summed E-state index contributed by atoms with van der Waals surface area (Å²) >= 11 is 0. The van der Waals surface area contributed by atoms with Gasteiger partial charge >= 0.3 is 0 Å². The van der Waals surface area contributed by atoms with Crippen LogP contribution in [0.3, 0.4) is 0 Å². The number of rotatable bonds is 6. The zero-order valence-corrected chi connectivity index (χ0v) is 30.1. The standard InChI is InChI=1S/C40H42O9S2/c1-46-31-17-27-25(39(47-2)37(31)44)7-4-8-32-36-35-30(49-40(27)38(36)45)18-29(48-14-13-41)33-24-12-10-21(43)16-26(24)23(28(19-42)34(33)35)11-9-20-5-3-6-22(15-20)50-51-32/h3,6,10,12,16-18,20,22-23,28,32,36,38,40-45H,5,7,9,11,13-15,19H2,1-2H3. The van der Waals surface area contributed by atoms with Crippen molar-refractivity contribution in [3.05, 3.63) is 70.3 Å². The van der Waals surface area contributed by atoms with E-state index in [9.17, 15) is 25.5 Å². The summed E-state index contributed by atoms with van der Waals surface area (Å²) in [5.41, 5.74) is 5.47. The largest absolute Gasteiger partial charge is 0.508 e. The summed E-state index contributed by atoms with van der Waals surface area (Å²) in [6.45, 7) is -0.338. The Labute approximate surface area is 305 Å². The van der Waals surface area contributed by atoms with Gasteiger partial charge in [-0.1, -0.05) is 51.6 Å². The van der Waals surface area contributed by atoms with Crippen molar-refractivity contribution in [1.29, 1.82) is 0 Å². The maximum absolute atomic E-state index is 12.7. The fourth-order valence-corrected chi connectivity index (χ4v) is 12.0. The number of hydrogen-bond donors (Lipinski definition) is 5. The van der Waals surface area contributed by atoms with E-state index in [4.69, 9.17) is 18.9 Å². The Hall–Kier alpha value is -3.66. The fourth-order valence-electron chi connectivity index (χ4n) is 8.95. The van der Waals surface area contributed by atoms with E-state index in [0.29, 0.717) is 28.5 Å². The lowest BCUT2D eigenvalue weighted by atomic mass is 9.65. The molecule has 0 aromatic heterocycles. The molecule has 8 unspecified atom stereocenters. The minimum absolute atomic E-state index is 0.0362. The van der Waals surface area contributed by atoms with Crippen LogP contribution in [0.1, 0.15) is 77.4 Å². The number of fused-ring (bicyclic) bond motifs is 9. The van der Waals surface area contributed by atoms with Crippen LogP contribution in [0.15, 0.2) is 42.5 Å². The smallest absolute Gasteiger partial charge is 0.201 e. The molecule has 6 bridgehead atoms. The zero-order valence-electron chi connectivity index (χ0n) is 28.5. The first-order chi connectivity index (χ1) is 24.9. The molecule has 5 aliphatic rings. The van der Waals surface area contributed by atoms with Crippen molar-refractivity contribution in [3.8, 4) is 57.5 Å². The van der Waals surface area contributed by atoms with Crippen LogP contribution in [0.5, 0.6) is 34.5 Å². The molecule has 3 aromatic carbocycles. The number of hydrogen-bond acceptors (Lipinski definition) is 11. The van der Waals surface area contributed by atoms with Gasteiger partial charge in [-0.25, -0.2) is 0 Å². The lowest BCUT2D eigenvalue weighted by molar-refractivity contribution is 0.000580. The maximum atomic E-state index is 12.7. The lowest BCUT2D eigenvalue weighted by Gasteiger charge is -2.44. The van der Waals surface area contributed by atoms with Crippen molar-refractivity contribution in [2.45, 2.75) is 72.6 Å². The Kier molecular flexibility index (Phi) is 9.48. The third-order valence-corrected chi connectivity index (χ3v) is 14.2. The molecular weight excluding hydrogens is 689 g/mol. The molecule has 0 saturated heterocycles. The van der Waals surface area contributed by atoms with Crippen LogP contribution in [0.2, 0.25) is 0 Å². The molecule has 2 aliphatic heterocycles. The number of phenols is 2. The topological polar surface area (TPSA) is 138 Å². The molecule has 5 N–H and O–H groups in total. The molecule has 2 heterocycles. The number of aliphatic hydroxyl groups excluding tert-OH is 3. The van der Waals surface area contributed by atoms with E-state index in [-0.39, 0.29) is 65.7 Å². The van der Waals surface area contributed by atoms with Gasteiger partial charge in [0.2, 0.25) is 5.75 Å². The number of phenolic OH excluding ortho intramolecular Hbond substituents is 2. The number of allylic oxidation sites excluding steroid dienone is 1. The molecule has 0 saturated carbocycles. The summed E-state index contributed by atoms with van der Waals surface area (Å²) in [4.78, 5) is 0. The van der Waals surface area contributed by atoms with Crippen LogP contribution in [-0.4, -0.2) is 76.2 Å². The molecule has 8 atom stereocenters. The molecule has 9 nitrogen and oxygen atoms in total. The van der Waals surface area contributed by atoms with Crippen molar-refractivity contribution in [3.63, 3.8) is 0 Å². The van der Waals surface area contributed by atoms with Gasteiger partial charge in [-0.3, -0.25) is 0 Å². The molecule has 0 amide bonds. The summed E-state index contributed by atoms with van der Waals surface area (Å²) in [6, 6.07) is 8.93. The second-order valence-electron chi connectivity index (χ2n) is 13.9. The minimum Gasteiger partial charge on any atom is -0.508 e. The number of aliphatic hydroxyl groups is 3. The molecule has 11 heteroatoms. The van der Waals surface area contributed by atoms with Gasteiger partial charge in [0.1, 0.15) is 30.0 Å². The van der Waals surface area contributed by atoms with Gasteiger partial charge in [-0.15, -0.1) is 0 Å². The summed E-state index contributed by atoms with van der Waals surface area (Å²) in [5, 5.41) is 55.7. The van der Waals surface area contributed by atoms with Crippen LogP contribution in [0.25, 0.3) is 11.1 Å². The number of ether oxygens (including phenoxy) is 4. The van der Waals surface area contributed by atoms with Gasteiger partial charge in [0.25, 0.3) is 0 Å². The van der Waals surface area contributed by atoms with Crippen LogP contribution in [-0.2, 0) is 6.42 Å². The van der Waals surface area contributed by atoms with Gasteiger partial charge in [-0.2, -0.15) is 0 Å². The Morgan fingerprint density at radius 2 is 1.84 bits per heavy atom. The molecule has 0 spiro atoms. The molecule has 3 aliphatic carbocycles. The maximum Gasteiger partial charge on any atom is 0.201 e. The van der Waals surface area contributed by atoms with E-state index in [2.05, 4.69) is 24.0 Å². The Morgan fingerprint density at radius 1 is 0.980 bits per heavy atom. The summed E-state index contributed by atoms with van der Waals surface area (Å²) in [5.74, 6) is 7.74. The van der Waals surface area contributed by atoms with Gasteiger partial charge in [0.05, 0.1) is 32.7 Å². The molecule has 51 heavy (non-hydrogen) atoms. The van der Waals surface area contributed by atoms with Crippen molar-refractivity contribution in [1.82, 2.24) is 0 Å². The Bertz CT molecular complexity index is 1930. The average Bonchev–Trinajstić information content (AvgIpc) is 3.16. The Morgan fingerprint density at radius 3 is 2.63 bits per heavy atom. The number of benzene rings is 3. The highest BCUT2D eigenvalue weighted by Gasteiger charge is 2.49. The predicted octanol–water partition coefficient (Wildman–Crippen LogP) is 6.34. The quantitative estimate of drug-likeness (QED) is 0.110. The lowest BCUT2D eigenvalue weighted by Crippen LogP contribution is -2.40. The van der Waals surface area contributed by atoms with Gasteiger partial charge < -0.3 is 44.5 Å². The van der Waals surface area contributed by atoms with Crippen molar-refractivity contribution in [2.24, 2.45) is 5.92 Å². The summed E-state index contributed by atoms with van der Waals surface area (Å²) in [6.07, 6.45) is 6.60. The zero-order chi connectivity index (χ0) is 35.4. The fraction of sp³-hybridized carbons (Fsp3) is 0.450. The van der Waals surface area contributed by atoms with Crippen LogP contribution in [0.4, 0.5) is 0 Å². The third kappa shape index (κ3) is 5.80. The SMILES string of the molecule is COc1cc2c(c(OC)c1O)CC#CC1SSC3C=CCC(CCC4c5cc(O)ccc5-c5c(OCCO)cc6c(c5C4CO)C1C(O)C2O6)C3. The second kappa shape index (κ2) is 14.1. The van der Waals surface area contributed by atoms with Gasteiger partial charge in [-0.05, 0) is 72.4 Å². The minimum atomic E-state index is -1.09. The van der Waals surface area contributed by atoms with Crippen LogP contribution >= 0.6 is 21.6 Å². The van der Waals surface area contributed by atoms with E-state index < -0.39 is 24.0 Å². The van der Waals surface area contributed by atoms with E-state index in [1.54, 1.807) is 33.7 Å². The molecule has 8 rings (SSSR count). The molecule has 268 valence electrons. The molecule has 0 radical (unpaired) electrons. The van der Waals surface area contributed by atoms with Crippen LogP contribution < -0.4 is 18.9 Å². The summed E-state index contributed by atoms with van der Waals surface area (Å²) in [7, 11) is 6.41. The van der Waals surface area contributed by atoms with Crippen LogP contribution in [0, 0.1) is 17.8 Å². The molecule has 0 fully saturated rings. The number of methoxy groups -OCH3 is 2. The van der Waals surface area contributed by atoms with E-state index in [1.807, 2.05) is 18.2 Å². The normalized spacial score (nSPS) is 28.4. The average molecular weight is 731 g/mol. The first kappa shape index (κ1) is 34.4. The first-order valence-electron chi connectivity index (χ1n) is 17.5. The monoisotopic (exact) mass is 730 g/mol. The second-order valence-corrected chi connectivity index (χ2v) is 16.5. The number of aromatic hydroxyl groups is 2. The summed E-state index contributed by atoms with van der Waals surface area (Å²) < 4.78 is 24.5. The Balaban J connectivity index is 1.44. The highest BCUT2D eigenvalue weighted by atomic mass is 33.1. The van der Waals surface area contributed by atoms with E-state index in [0.717, 1.165) is 53.5 Å². The van der Waals surface area contributed by atoms with Gasteiger partial charge in [0, 0.05) is 51.8 Å². The first-order valence-corrected chi connectivity index (χ1v) is 19.8. The van der Waals surface area contributed by atoms with E-state index >= 15 is 0 Å². The third-order valence-electron chi connectivity index (χ3n) is 11.2.